The molecule has 1 aliphatic heterocycles. The van der Waals surface area contributed by atoms with Crippen LogP contribution in [0.4, 0.5) is 10.2 Å². The molecule has 0 saturated carbocycles. The van der Waals surface area contributed by atoms with Crippen LogP contribution in [0.15, 0.2) is 42.6 Å². The van der Waals surface area contributed by atoms with Gasteiger partial charge < -0.3 is 9.80 Å². The molecule has 0 radical (unpaired) electrons. The number of benzene rings is 1. The van der Waals surface area contributed by atoms with Gasteiger partial charge in [0, 0.05) is 43.8 Å². The van der Waals surface area contributed by atoms with Crippen molar-refractivity contribution in [1.82, 2.24) is 14.9 Å². The Bertz CT molecular complexity index is 1020. The first kappa shape index (κ1) is 17.7. The summed E-state index contributed by atoms with van der Waals surface area (Å²) in [6.07, 6.45) is 1.71. The highest BCUT2D eigenvalue weighted by molar-refractivity contribution is 6.32. The number of nitrogens with zero attached hydrogens (tertiary/aromatic N) is 4. The van der Waals surface area contributed by atoms with Crippen LogP contribution < -0.4 is 4.90 Å². The molecule has 2 aromatic heterocycles. The Morgan fingerprint density at radius 2 is 1.93 bits per heavy atom. The molecule has 0 bridgehead atoms. The van der Waals surface area contributed by atoms with Crippen LogP contribution in [0.2, 0.25) is 5.02 Å². The van der Waals surface area contributed by atoms with Gasteiger partial charge in [0.05, 0.1) is 21.8 Å². The van der Waals surface area contributed by atoms with Crippen LogP contribution in [0.1, 0.15) is 16.1 Å². The van der Waals surface area contributed by atoms with Crippen molar-refractivity contribution in [3.8, 4) is 0 Å². The van der Waals surface area contributed by atoms with Crippen molar-refractivity contribution in [3.05, 3.63) is 64.7 Å². The highest BCUT2D eigenvalue weighted by Gasteiger charge is 2.25. The summed E-state index contributed by atoms with van der Waals surface area (Å²) in [7, 11) is 0. The van der Waals surface area contributed by atoms with Crippen molar-refractivity contribution in [3.63, 3.8) is 0 Å². The standard InChI is InChI=1S/C20H18ClFN4O/c1-13-16(11-14-4-5-15(22)12-18(14)24-13)20(27)26-9-7-25(8-10-26)19-17(21)3-2-6-23-19/h2-6,11-12H,7-10H2,1H3. The molecule has 27 heavy (non-hydrogen) atoms. The van der Waals surface area contributed by atoms with Crippen LogP contribution in [0.25, 0.3) is 10.9 Å². The highest BCUT2D eigenvalue weighted by atomic mass is 35.5. The third kappa shape index (κ3) is 3.45. The van der Waals surface area contributed by atoms with E-state index >= 15 is 0 Å². The van der Waals surface area contributed by atoms with Crippen molar-refractivity contribution < 1.29 is 9.18 Å². The van der Waals surface area contributed by atoms with Crippen LogP contribution in [0, 0.1) is 12.7 Å². The topological polar surface area (TPSA) is 49.3 Å². The molecule has 3 aromatic rings. The predicted octanol–water partition coefficient (Wildman–Crippen LogP) is 3.69. The lowest BCUT2D eigenvalue weighted by Crippen LogP contribution is -2.49. The molecule has 0 N–H and O–H groups in total. The lowest BCUT2D eigenvalue weighted by molar-refractivity contribution is 0.0745. The summed E-state index contributed by atoms with van der Waals surface area (Å²) < 4.78 is 13.4. The average Bonchev–Trinajstić information content (AvgIpc) is 2.67. The molecular formula is C20H18ClFN4O. The van der Waals surface area contributed by atoms with Gasteiger partial charge in [0.15, 0.2) is 0 Å². The number of hydrogen-bond acceptors (Lipinski definition) is 4. The summed E-state index contributed by atoms with van der Waals surface area (Å²) in [5.41, 5.74) is 1.71. The van der Waals surface area contributed by atoms with E-state index in [0.717, 1.165) is 11.2 Å². The van der Waals surface area contributed by atoms with E-state index in [1.807, 2.05) is 11.0 Å². The quantitative estimate of drug-likeness (QED) is 0.676. The van der Waals surface area contributed by atoms with Gasteiger partial charge in [-0.05, 0) is 37.3 Å². The zero-order valence-electron chi connectivity index (χ0n) is 14.8. The van der Waals surface area contributed by atoms with Crippen LogP contribution >= 0.6 is 11.6 Å². The molecule has 3 heterocycles. The Labute approximate surface area is 161 Å². The summed E-state index contributed by atoms with van der Waals surface area (Å²) in [6, 6.07) is 9.81. The summed E-state index contributed by atoms with van der Waals surface area (Å²) in [6.45, 7) is 4.25. The number of fused-ring (bicyclic) bond motifs is 1. The summed E-state index contributed by atoms with van der Waals surface area (Å²) >= 11 is 6.22. The predicted molar refractivity (Wildman–Crippen MR) is 104 cm³/mol. The van der Waals surface area contributed by atoms with E-state index in [1.165, 1.54) is 12.1 Å². The molecule has 1 aliphatic rings. The Morgan fingerprint density at radius 3 is 2.67 bits per heavy atom. The molecule has 138 valence electrons. The fourth-order valence-electron chi connectivity index (χ4n) is 3.35. The van der Waals surface area contributed by atoms with E-state index in [-0.39, 0.29) is 11.7 Å². The minimum absolute atomic E-state index is 0.0574. The smallest absolute Gasteiger partial charge is 0.255 e. The number of rotatable bonds is 2. The van der Waals surface area contributed by atoms with Gasteiger partial charge in [-0.1, -0.05) is 11.6 Å². The fraction of sp³-hybridized carbons (Fsp3) is 0.250. The Morgan fingerprint density at radius 1 is 1.15 bits per heavy atom. The van der Waals surface area contributed by atoms with E-state index < -0.39 is 0 Å². The van der Waals surface area contributed by atoms with Gasteiger partial charge in [0.25, 0.3) is 5.91 Å². The second-order valence-electron chi connectivity index (χ2n) is 6.55. The third-order valence-corrected chi connectivity index (χ3v) is 5.10. The largest absolute Gasteiger partial charge is 0.352 e. The molecule has 1 aromatic carbocycles. The number of carbonyl (C=O) groups excluding carboxylic acids is 1. The third-order valence-electron chi connectivity index (χ3n) is 4.81. The maximum Gasteiger partial charge on any atom is 0.255 e. The number of carbonyl (C=O) groups is 1. The Kier molecular flexibility index (Phi) is 4.66. The number of pyridine rings is 2. The number of aromatic nitrogens is 2. The van der Waals surface area contributed by atoms with Crippen molar-refractivity contribution >= 4 is 34.2 Å². The SMILES string of the molecule is Cc1nc2cc(F)ccc2cc1C(=O)N1CCN(c2ncccc2Cl)CC1. The van der Waals surface area contributed by atoms with Gasteiger partial charge in [-0.2, -0.15) is 0 Å². The molecular weight excluding hydrogens is 367 g/mol. The van der Waals surface area contributed by atoms with Gasteiger partial charge in [-0.15, -0.1) is 0 Å². The molecule has 1 fully saturated rings. The molecule has 0 atom stereocenters. The fourth-order valence-corrected chi connectivity index (χ4v) is 3.60. The minimum Gasteiger partial charge on any atom is -0.352 e. The van der Waals surface area contributed by atoms with Crippen molar-refractivity contribution in [2.24, 2.45) is 0 Å². The van der Waals surface area contributed by atoms with Crippen LogP contribution in [0.3, 0.4) is 0 Å². The van der Waals surface area contributed by atoms with Crippen LogP contribution in [-0.4, -0.2) is 47.0 Å². The number of aryl methyl sites for hydroxylation is 1. The zero-order chi connectivity index (χ0) is 19.0. The van der Waals surface area contributed by atoms with Gasteiger partial charge in [-0.3, -0.25) is 9.78 Å². The Balaban J connectivity index is 1.53. The number of anilines is 1. The van der Waals surface area contributed by atoms with Gasteiger partial charge in [0.1, 0.15) is 11.6 Å². The van der Waals surface area contributed by atoms with E-state index in [2.05, 4.69) is 14.9 Å². The maximum absolute atomic E-state index is 13.4. The van der Waals surface area contributed by atoms with Gasteiger partial charge in [0.2, 0.25) is 0 Å². The minimum atomic E-state index is -0.335. The average molecular weight is 385 g/mol. The number of amides is 1. The first-order valence-corrected chi connectivity index (χ1v) is 9.12. The number of halogens is 2. The second kappa shape index (κ2) is 7.12. The van der Waals surface area contributed by atoms with Gasteiger partial charge in [-0.25, -0.2) is 9.37 Å². The van der Waals surface area contributed by atoms with Crippen molar-refractivity contribution in [2.75, 3.05) is 31.1 Å². The molecule has 1 amide bonds. The molecule has 0 spiro atoms. The highest BCUT2D eigenvalue weighted by Crippen LogP contribution is 2.24. The van der Waals surface area contributed by atoms with Crippen molar-refractivity contribution in [2.45, 2.75) is 6.92 Å². The summed E-state index contributed by atoms with van der Waals surface area (Å²) in [5, 5.41) is 1.36. The molecule has 0 unspecified atom stereocenters. The van der Waals surface area contributed by atoms with Crippen LogP contribution in [0.5, 0.6) is 0 Å². The zero-order valence-corrected chi connectivity index (χ0v) is 15.6. The normalized spacial score (nSPS) is 14.6. The van der Waals surface area contributed by atoms with Gasteiger partial charge >= 0.3 is 0 Å². The monoisotopic (exact) mass is 384 g/mol. The van der Waals surface area contributed by atoms with E-state index in [1.54, 1.807) is 31.3 Å². The molecule has 5 nitrogen and oxygen atoms in total. The summed E-state index contributed by atoms with van der Waals surface area (Å²) in [4.78, 5) is 25.6. The first-order chi connectivity index (χ1) is 13.0. The molecule has 4 rings (SSSR count). The van der Waals surface area contributed by atoms with E-state index in [0.29, 0.717) is 48.0 Å². The van der Waals surface area contributed by atoms with E-state index in [9.17, 15) is 9.18 Å². The van der Waals surface area contributed by atoms with Crippen molar-refractivity contribution in [1.29, 1.82) is 0 Å². The van der Waals surface area contributed by atoms with Crippen LogP contribution in [-0.2, 0) is 0 Å². The first-order valence-electron chi connectivity index (χ1n) is 8.74. The number of hydrogen-bond donors (Lipinski definition) is 0. The van der Waals surface area contributed by atoms with E-state index in [4.69, 9.17) is 11.6 Å². The molecule has 7 heteroatoms. The number of piperazine rings is 1. The Hall–Kier alpha value is -2.73. The maximum atomic E-state index is 13.4. The second-order valence-corrected chi connectivity index (χ2v) is 6.95. The molecule has 0 aliphatic carbocycles. The lowest BCUT2D eigenvalue weighted by atomic mass is 10.1. The summed E-state index contributed by atoms with van der Waals surface area (Å²) in [5.74, 6) is 0.354. The lowest BCUT2D eigenvalue weighted by Gasteiger charge is -2.35. The molecule has 1 saturated heterocycles.